The van der Waals surface area contributed by atoms with Gasteiger partial charge in [0.15, 0.2) is 0 Å². The van der Waals surface area contributed by atoms with Crippen molar-refractivity contribution in [3.63, 3.8) is 0 Å². The van der Waals surface area contributed by atoms with Gasteiger partial charge in [-0.15, -0.1) is 0 Å². The van der Waals surface area contributed by atoms with Gasteiger partial charge in [0, 0.05) is 26.2 Å². The molecule has 0 atom stereocenters. The van der Waals surface area contributed by atoms with Gasteiger partial charge in [0.1, 0.15) is 0 Å². The van der Waals surface area contributed by atoms with E-state index in [0.717, 1.165) is 26.2 Å². The highest BCUT2D eigenvalue weighted by Gasteiger charge is 2.17. The van der Waals surface area contributed by atoms with Crippen LogP contribution >= 0.6 is 0 Å². The number of amides is 1. The summed E-state index contributed by atoms with van der Waals surface area (Å²) < 4.78 is 0. The fourth-order valence-electron chi connectivity index (χ4n) is 2.69. The van der Waals surface area contributed by atoms with E-state index in [9.17, 15) is 4.79 Å². The fraction of sp³-hybridized carbons (Fsp3) is 0.923. The van der Waals surface area contributed by atoms with E-state index in [1.807, 2.05) is 4.90 Å². The number of carbonyl (C=O) groups excluding carboxylic acids is 1. The second kappa shape index (κ2) is 6.97. The Hall–Kier alpha value is -0.610. The summed E-state index contributed by atoms with van der Waals surface area (Å²) in [6, 6.07) is 0. The average molecular weight is 239 g/mol. The molecule has 2 rings (SSSR count). The van der Waals surface area contributed by atoms with Crippen molar-refractivity contribution in [3.8, 4) is 0 Å². The van der Waals surface area contributed by atoms with Crippen LogP contribution in [0.15, 0.2) is 0 Å². The molecule has 2 fully saturated rings. The first-order chi connectivity index (χ1) is 8.36. The van der Waals surface area contributed by atoms with Crippen LogP contribution in [0.4, 0.5) is 0 Å². The SMILES string of the molecule is O=C(CNCCN1CCCCC1)N1CCCC1. The van der Waals surface area contributed by atoms with Gasteiger partial charge in [-0.2, -0.15) is 0 Å². The van der Waals surface area contributed by atoms with Crippen LogP contribution in [0.5, 0.6) is 0 Å². The van der Waals surface area contributed by atoms with Crippen molar-refractivity contribution < 1.29 is 4.79 Å². The number of nitrogens with zero attached hydrogens (tertiary/aromatic N) is 2. The fourth-order valence-corrected chi connectivity index (χ4v) is 2.69. The third-order valence-corrected chi connectivity index (χ3v) is 3.79. The Balaban J connectivity index is 1.51. The van der Waals surface area contributed by atoms with Gasteiger partial charge in [-0.05, 0) is 38.8 Å². The molecular formula is C13H25N3O. The van der Waals surface area contributed by atoms with Crippen LogP contribution < -0.4 is 5.32 Å². The Morgan fingerprint density at radius 3 is 2.29 bits per heavy atom. The summed E-state index contributed by atoms with van der Waals surface area (Å²) in [5, 5.41) is 3.28. The molecule has 4 nitrogen and oxygen atoms in total. The van der Waals surface area contributed by atoms with E-state index in [-0.39, 0.29) is 5.91 Å². The van der Waals surface area contributed by atoms with E-state index >= 15 is 0 Å². The van der Waals surface area contributed by atoms with Crippen LogP contribution in [0.3, 0.4) is 0 Å². The zero-order valence-electron chi connectivity index (χ0n) is 10.8. The number of likely N-dealkylation sites (tertiary alicyclic amines) is 2. The van der Waals surface area contributed by atoms with E-state index in [2.05, 4.69) is 10.2 Å². The lowest BCUT2D eigenvalue weighted by atomic mass is 10.1. The Labute approximate surface area is 104 Å². The smallest absolute Gasteiger partial charge is 0.236 e. The van der Waals surface area contributed by atoms with Crippen LogP contribution in [0.25, 0.3) is 0 Å². The van der Waals surface area contributed by atoms with Gasteiger partial charge in [0.2, 0.25) is 5.91 Å². The minimum absolute atomic E-state index is 0.279. The Kier molecular flexibility index (Phi) is 5.26. The molecule has 0 aromatic carbocycles. The lowest BCUT2D eigenvalue weighted by Crippen LogP contribution is -2.40. The van der Waals surface area contributed by atoms with Gasteiger partial charge in [-0.1, -0.05) is 6.42 Å². The first kappa shape index (κ1) is 12.8. The molecule has 0 radical (unpaired) electrons. The molecule has 0 saturated carbocycles. The molecule has 1 N–H and O–H groups in total. The second-order valence-electron chi connectivity index (χ2n) is 5.17. The summed E-state index contributed by atoms with van der Waals surface area (Å²) in [7, 11) is 0. The minimum atomic E-state index is 0.279. The molecule has 17 heavy (non-hydrogen) atoms. The second-order valence-corrected chi connectivity index (χ2v) is 5.17. The van der Waals surface area contributed by atoms with Crippen molar-refractivity contribution in [3.05, 3.63) is 0 Å². The van der Waals surface area contributed by atoms with Crippen molar-refractivity contribution in [1.29, 1.82) is 0 Å². The molecule has 2 heterocycles. The maximum Gasteiger partial charge on any atom is 0.236 e. The van der Waals surface area contributed by atoms with Crippen LogP contribution in [-0.4, -0.2) is 61.5 Å². The van der Waals surface area contributed by atoms with E-state index in [0.29, 0.717) is 6.54 Å². The molecule has 2 aliphatic rings. The molecule has 0 aromatic rings. The van der Waals surface area contributed by atoms with Crippen molar-refractivity contribution >= 4 is 5.91 Å². The van der Waals surface area contributed by atoms with Crippen molar-refractivity contribution in [2.24, 2.45) is 0 Å². The standard InChI is InChI=1S/C13H25N3O/c17-13(16-9-4-5-10-16)12-14-6-11-15-7-2-1-3-8-15/h14H,1-12H2. The monoisotopic (exact) mass is 239 g/mol. The summed E-state index contributed by atoms with van der Waals surface area (Å²) in [4.78, 5) is 16.2. The number of carbonyl (C=O) groups is 1. The van der Waals surface area contributed by atoms with Gasteiger partial charge >= 0.3 is 0 Å². The summed E-state index contributed by atoms with van der Waals surface area (Å²) in [6.45, 7) is 6.96. The summed E-state index contributed by atoms with van der Waals surface area (Å²) in [6.07, 6.45) is 6.43. The van der Waals surface area contributed by atoms with Gasteiger partial charge in [-0.3, -0.25) is 4.79 Å². The van der Waals surface area contributed by atoms with E-state index in [4.69, 9.17) is 0 Å². The maximum absolute atomic E-state index is 11.7. The number of piperidine rings is 1. The third-order valence-electron chi connectivity index (χ3n) is 3.79. The molecule has 2 aliphatic heterocycles. The zero-order valence-corrected chi connectivity index (χ0v) is 10.8. The Morgan fingerprint density at radius 1 is 0.941 bits per heavy atom. The largest absolute Gasteiger partial charge is 0.342 e. The van der Waals surface area contributed by atoms with Crippen molar-refractivity contribution in [2.45, 2.75) is 32.1 Å². The highest BCUT2D eigenvalue weighted by atomic mass is 16.2. The number of rotatable bonds is 5. The predicted molar refractivity (Wildman–Crippen MR) is 69.0 cm³/mol. The zero-order chi connectivity index (χ0) is 11.9. The van der Waals surface area contributed by atoms with Gasteiger partial charge < -0.3 is 15.1 Å². The molecule has 0 spiro atoms. The lowest BCUT2D eigenvalue weighted by Gasteiger charge is -2.26. The molecule has 0 bridgehead atoms. The number of hydrogen-bond acceptors (Lipinski definition) is 3. The van der Waals surface area contributed by atoms with Crippen molar-refractivity contribution in [1.82, 2.24) is 15.1 Å². The summed E-state index contributed by atoms with van der Waals surface area (Å²) in [5.74, 6) is 0.279. The van der Waals surface area contributed by atoms with Crippen LogP contribution in [-0.2, 0) is 4.79 Å². The maximum atomic E-state index is 11.7. The molecule has 0 aromatic heterocycles. The quantitative estimate of drug-likeness (QED) is 0.717. The van der Waals surface area contributed by atoms with E-state index in [1.165, 1.54) is 45.2 Å². The summed E-state index contributed by atoms with van der Waals surface area (Å²) >= 11 is 0. The predicted octanol–water partition coefficient (Wildman–Crippen LogP) is 0.684. The molecule has 1 amide bonds. The highest BCUT2D eigenvalue weighted by Crippen LogP contribution is 2.08. The normalized spacial score (nSPS) is 22.0. The molecule has 98 valence electrons. The first-order valence-corrected chi connectivity index (χ1v) is 7.07. The van der Waals surface area contributed by atoms with Gasteiger partial charge in [-0.25, -0.2) is 0 Å². The Morgan fingerprint density at radius 2 is 1.59 bits per heavy atom. The topological polar surface area (TPSA) is 35.6 Å². The molecule has 4 heteroatoms. The molecule has 0 aliphatic carbocycles. The van der Waals surface area contributed by atoms with Crippen LogP contribution in [0.1, 0.15) is 32.1 Å². The summed E-state index contributed by atoms with van der Waals surface area (Å²) in [5.41, 5.74) is 0. The number of nitrogens with one attached hydrogen (secondary N) is 1. The average Bonchev–Trinajstić information content (AvgIpc) is 2.89. The van der Waals surface area contributed by atoms with Crippen LogP contribution in [0, 0.1) is 0 Å². The Bertz CT molecular complexity index is 233. The molecule has 2 saturated heterocycles. The minimum Gasteiger partial charge on any atom is -0.342 e. The number of hydrogen-bond donors (Lipinski definition) is 1. The molecule has 0 unspecified atom stereocenters. The first-order valence-electron chi connectivity index (χ1n) is 7.07. The van der Waals surface area contributed by atoms with Crippen molar-refractivity contribution in [2.75, 3.05) is 45.8 Å². The van der Waals surface area contributed by atoms with E-state index < -0.39 is 0 Å². The highest BCUT2D eigenvalue weighted by molar-refractivity contribution is 5.78. The molecular weight excluding hydrogens is 214 g/mol. The van der Waals surface area contributed by atoms with Crippen LogP contribution in [0.2, 0.25) is 0 Å². The van der Waals surface area contributed by atoms with E-state index in [1.54, 1.807) is 0 Å². The van der Waals surface area contributed by atoms with Gasteiger partial charge in [0.05, 0.1) is 6.54 Å². The third kappa shape index (κ3) is 4.28. The lowest BCUT2D eigenvalue weighted by molar-refractivity contribution is -0.129. The van der Waals surface area contributed by atoms with Gasteiger partial charge in [0.25, 0.3) is 0 Å².